The van der Waals surface area contributed by atoms with Crippen LogP contribution in [0.3, 0.4) is 0 Å². The molecular formula is C41H50IrNO3Si-. The first kappa shape index (κ1) is 36.8. The Hall–Kier alpha value is -3.05. The molecule has 6 rings (SSSR count). The van der Waals surface area contributed by atoms with Gasteiger partial charge in [0.05, 0.1) is 13.8 Å². The molecule has 0 bridgehead atoms. The molecule has 6 heteroatoms. The predicted molar refractivity (Wildman–Crippen MR) is 197 cm³/mol. The van der Waals surface area contributed by atoms with Gasteiger partial charge in [0.2, 0.25) is 0 Å². The normalized spacial score (nSPS) is 13.9. The number of carbonyl (C=O) groups excluding carboxylic acids is 1. The Bertz CT molecular complexity index is 1960. The van der Waals surface area contributed by atoms with E-state index in [0.717, 1.165) is 58.9 Å². The summed E-state index contributed by atoms with van der Waals surface area (Å²) in [5.41, 5.74) is 7.74. The number of rotatable bonds is 8. The number of fused-ring (bicyclic) bond motifs is 3. The number of aliphatic hydroxyl groups is 1. The molecule has 4 nitrogen and oxygen atoms in total. The van der Waals surface area contributed by atoms with E-state index in [9.17, 15) is 9.90 Å². The molecule has 2 heterocycles. The third kappa shape index (κ3) is 6.79. The van der Waals surface area contributed by atoms with Crippen LogP contribution in [0.5, 0.6) is 0 Å². The van der Waals surface area contributed by atoms with Crippen LogP contribution in [0.1, 0.15) is 83.9 Å². The molecule has 47 heavy (non-hydrogen) atoms. The van der Waals surface area contributed by atoms with Crippen molar-refractivity contribution in [1.82, 2.24) is 4.98 Å². The molecule has 0 fully saturated rings. The summed E-state index contributed by atoms with van der Waals surface area (Å²) in [5.74, 6) is 0.547. The van der Waals surface area contributed by atoms with Crippen LogP contribution >= 0.6 is 0 Å². The van der Waals surface area contributed by atoms with Crippen molar-refractivity contribution in [3.8, 4) is 11.3 Å². The van der Waals surface area contributed by atoms with E-state index in [-0.39, 0.29) is 48.9 Å². The minimum Gasteiger partial charge on any atom is -0.512 e. The summed E-state index contributed by atoms with van der Waals surface area (Å²) in [6, 6.07) is 19.4. The Labute approximate surface area is 295 Å². The molecule has 1 aliphatic carbocycles. The largest absolute Gasteiger partial charge is 0.512 e. The van der Waals surface area contributed by atoms with Crippen LogP contribution in [0.25, 0.3) is 44.0 Å². The monoisotopic (exact) mass is 825 g/mol. The number of aliphatic hydroxyl groups excluding tert-OH is 1. The Morgan fingerprint density at radius 2 is 1.60 bits per heavy atom. The maximum atomic E-state index is 11.7. The maximum absolute atomic E-state index is 11.7. The smallest absolute Gasteiger partial charge is 0.162 e. The summed E-state index contributed by atoms with van der Waals surface area (Å²) in [4.78, 5) is 16.6. The number of benzene rings is 3. The van der Waals surface area contributed by atoms with E-state index in [1.807, 2.05) is 40.0 Å². The average molecular weight is 825 g/mol. The Kier molecular flexibility index (Phi) is 11.1. The summed E-state index contributed by atoms with van der Waals surface area (Å²) < 4.78 is 6.56. The number of aromatic nitrogens is 1. The van der Waals surface area contributed by atoms with Crippen molar-refractivity contribution in [2.75, 3.05) is 0 Å². The van der Waals surface area contributed by atoms with Crippen molar-refractivity contribution in [3.63, 3.8) is 0 Å². The van der Waals surface area contributed by atoms with Crippen molar-refractivity contribution >= 4 is 51.8 Å². The number of ketones is 1. The van der Waals surface area contributed by atoms with Gasteiger partial charge in [-0.2, -0.15) is 0 Å². The zero-order valence-electron chi connectivity index (χ0n) is 29.7. The predicted octanol–water partition coefficient (Wildman–Crippen LogP) is 11.0. The maximum Gasteiger partial charge on any atom is 0.162 e. The number of allylic oxidation sites excluding steroid dienone is 2. The molecule has 0 spiro atoms. The third-order valence-electron chi connectivity index (χ3n) is 10.0. The number of furan rings is 1. The van der Waals surface area contributed by atoms with Crippen LogP contribution in [-0.2, 0) is 30.3 Å². The fourth-order valence-electron chi connectivity index (χ4n) is 7.07. The SMILES string of the molecule is CCC(CC)C(=O)/C=C(\O)C(CC)CC.Cc1ccc2[c-]c3c(cc2c1)C(C)(C)c1ccc([Si](C)(C)C)c2oc4ccnc-3c4c12.[Ir]. The van der Waals surface area contributed by atoms with Gasteiger partial charge in [0, 0.05) is 60.7 Å². The molecular weight excluding hydrogens is 775 g/mol. The second kappa shape index (κ2) is 14.2. The fourth-order valence-corrected chi connectivity index (χ4v) is 8.51. The summed E-state index contributed by atoms with van der Waals surface area (Å²) in [6.07, 6.45) is 6.78. The Balaban J connectivity index is 0.000000269. The summed E-state index contributed by atoms with van der Waals surface area (Å²) in [7, 11) is -1.59. The zero-order valence-corrected chi connectivity index (χ0v) is 33.1. The van der Waals surface area contributed by atoms with Gasteiger partial charge in [-0.05, 0) is 54.8 Å². The molecule has 5 aromatic rings. The number of nitrogens with zero attached hydrogens (tertiary/aromatic N) is 1. The van der Waals surface area contributed by atoms with Gasteiger partial charge in [0.1, 0.15) is 11.2 Å². The molecule has 251 valence electrons. The van der Waals surface area contributed by atoms with Crippen LogP contribution in [0.2, 0.25) is 19.6 Å². The van der Waals surface area contributed by atoms with Gasteiger partial charge in [-0.15, -0.1) is 23.6 Å². The first-order chi connectivity index (χ1) is 21.8. The fraction of sp³-hybridized carbons (Fsp3) is 0.415. The Morgan fingerprint density at radius 1 is 0.936 bits per heavy atom. The summed E-state index contributed by atoms with van der Waals surface area (Å²) in [5, 5.41) is 15.9. The molecule has 1 N–H and O–H groups in total. The van der Waals surface area contributed by atoms with E-state index in [2.05, 4.69) is 82.9 Å². The van der Waals surface area contributed by atoms with Crippen molar-refractivity contribution in [1.29, 1.82) is 0 Å². The van der Waals surface area contributed by atoms with Gasteiger partial charge in [0.25, 0.3) is 0 Å². The molecule has 0 amide bonds. The molecule has 2 aromatic heterocycles. The van der Waals surface area contributed by atoms with Gasteiger partial charge in [-0.3, -0.25) is 9.78 Å². The van der Waals surface area contributed by atoms with E-state index in [1.165, 1.54) is 38.7 Å². The van der Waals surface area contributed by atoms with Crippen LogP contribution in [-0.4, -0.2) is 23.9 Å². The van der Waals surface area contributed by atoms with Crippen LogP contribution in [0.4, 0.5) is 0 Å². The molecule has 0 unspecified atom stereocenters. The zero-order chi connectivity index (χ0) is 33.6. The number of hydrogen-bond acceptors (Lipinski definition) is 4. The molecule has 0 saturated heterocycles. The molecule has 1 radical (unpaired) electrons. The van der Waals surface area contributed by atoms with E-state index < -0.39 is 8.07 Å². The summed E-state index contributed by atoms with van der Waals surface area (Å²) >= 11 is 0. The summed E-state index contributed by atoms with van der Waals surface area (Å²) in [6.45, 7) is 22.0. The minimum atomic E-state index is -1.59. The molecule has 0 aliphatic heterocycles. The molecule has 1 aliphatic rings. The van der Waals surface area contributed by atoms with Crippen LogP contribution in [0.15, 0.2) is 64.9 Å². The van der Waals surface area contributed by atoms with Gasteiger partial charge in [-0.1, -0.05) is 108 Å². The molecule has 0 atom stereocenters. The van der Waals surface area contributed by atoms with E-state index in [0.29, 0.717) is 0 Å². The number of hydrogen-bond donors (Lipinski definition) is 1. The van der Waals surface area contributed by atoms with Crippen molar-refractivity contribution in [2.24, 2.45) is 11.8 Å². The van der Waals surface area contributed by atoms with Gasteiger partial charge in [-0.25, -0.2) is 0 Å². The van der Waals surface area contributed by atoms with Crippen LogP contribution in [0, 0.1) is 24.8 Å². The number of pyridine rings is 1. The van der Waals surface area contributed by atoms with Gasteiger partial charge < -0.3 is 9.52 Å². The topological polar surface area (TPSA) is 63.3 Å². The number of aryl methyl sites for hydroxylation is 1. The third-order valence-corrected chi connectivity index (χ3v) is 12.1. The second-order valence-corrected chi connectivity index (χ2v) is 19.6. The number of carbonyl (C=O) groups is 1. The van der Waals surface area contributed by atoms with Crippen LogP contribution < -0.4 is 5.19 Å². The van der Waals surface area contributed by atoms with E-state index >= 15 is 0 Å². The van der Waals surface area contributed by atoms with Crippen molar-refractivity contribution in [3.05, 3.63) is 83.3 Å². The molecule has 0 saturated carbocycles. The standard InChI is InChI=1S/C28H26NOSi.C13H24O2.Ir/c1-16-7-8-17-14-19-21(15-18(17)13-16)28(2,3)20-9-10-23(31(4,5)6)27-24(20)25-22(30-27)11-12-29-26(19)25;1-5-10(6-2)12(14)9-13(15)11(7-3)8-4;/h7-13,15H,1-6H3;9-11,14H,5-8H2,1-4H3;/q-1;;/b;12-9-;. The van der Waals surface area contributed by atoms with Crippen molar-refractivity contribution in [2.45, 2.75) is 99.2 Å². The Morgan fingerprint density at radius 3 is 2.21 bits per heavy atom. The first-order valence-electron chi connectivity index (χ1n) is 17.0. The minimum absolute atomic E-state index is 0. The quantitative estimate of drug-likeness (QED) is 0.0733. The van der Waals surface area contributed by atoms with Crippen molar-refractivity contribution < 1.29 is 34.4 Å². The molecule has 3 aromatic carbocycles. The average Bonchev–Trinajstić information content (AvgIpc) is 3.37. The van der Waals surface area contributed by atoms with E-state index in [1.54, 1.807) is 0 Å². The van der Waals surface area contributed by atoms with E-state index in [4.69, 9.17) is 9.40 Å². The van der Waals surface area contributed by atoms with Gasteiger partial charge in [0.15, 0.2) is 5.78 Å². The first-order valence-corrected chi connectivity index (χ1v) is 20.5. The van der Waals surface area contributed by atoms with Gasteiger partial charge >= 0.3 is 0 Å². The second-order valence-electron chi connectivity index (χ2n) is 14.5.